The van der Waals surface area contributed by atoms with Crippen molar-refractivity contribution in [1.82, 2.24) is 9.97 Å². The number of nitrogens with zero attached hydrogens (tertiary/aromatic N) is 2. The fourth-order valence-corrected chi connectivity index (χ4v) is 3.04. The summed E-state index contributed by atoms with van der Waals surface area (Å²) in [7, 11) is 0. The van der Waals surface area contributed by atoms with E-state index in [4.69, 9.17) is 0 Å². The van der Waals surface area contributed by atoms with E-state index in [9.17, 15) is 4.79 Å². The van der Waals surface area contributed by atoms with Gasteiger partial charge in [0.05, 0.1) is 0 Å². The standard InChI is InChI=1S/C19H24N2O2/c1-14(10-16-11-20-18(21-12-16)23-13-22)7-8-17-15(2)6-5-9-19(17,3)4/h7-8,10-13H,5-6,9H2,1-4H3/b8-7?,14-10+. The van der Waals surface area contributed by atoms with Gasteiger partial charge in [0.25, 0.3) is 0 Å². The highest BCUT2D eigenvalue weighted by Crippen LogP contribution is 2.40. The third-order valence-electron chi connectivity index (χ3n) is 4.25. The molecule has 0 aromatic carbocycles. The van der Waals surface area contributed by atoms with Crippen molar-refractivity contribution in [2.75, 3.05) is 0 Å². The van der Waals surface area contributed by atoms with Gasteiger partial charge in [0.1, 0.15) is 0 Å². The normalized spacial score (nSPS) is 18.3. The molecule has 0 amide bonds. The molecule has 23 heavy (non-hydrogen) atoms. The summed E-state index contributed by atoms with van der Waals surface area (Å²) in [6, 6.07) is 0.0649. The highest BCUT2D eigenvalue weighted by atomic mass is 16.5. The van der Waals surface area contributed by atoms with Gasteiger partial charge in [0, 0.05) is 18.0 Å². The molecule has 1 aromatic heterocycles. The molecule has 0 atom stereocenters. The van der Waals surface area contributed by atoms with Crippen molar-refractivity contribution in [3.63, 3.8) is 0 Å². The molecule has 4 heteroatoms. The maximum Gasteiger partial charge on any atom is 0.324 e. The Kier molecular flexibility index (Phi) is 5.48. The van der Waals surface area contributed by atoms with Crippen molar-refractivity contribution in [1.29, 1.82) is 0 Å². The van der Waals surface area contributed by atoms with Gasteiger partial charge in [-0.1, -0.05) is 37.1 Å². The number of rotatable bonds is 5. The summed E-state index contributed by atoms with van der Waals surface area (Å²) in [6.45, 7) is 9.24. The van der Waals surface area contributed by atoms with Gasteiger partial charge < -0.3 is 4.74 Å². The van der Waals surface area contributed by atoms with Crippen LogP contribution < -0.4 is 4.74 Å². The Morgan fingerprint density at radius 3 is 2.61 bits per heavy atom. The molecular formula is C19H24N2O2. The smallest absolute Gasteiger partial charge is 0.324 e. The molecule has 2 rings (SSSR count). The first-order chi connectivity index (χ1) is 10.9. The van der Waals surface area contributed by atoms with Crippen molar-refractivity contribution in [3.05, 3.63) is 46.8 Å². The maximum atomic E-state index is 10.2. The summed E-state index contributed by atoms with van der Waals surface area (Å²) in [6.07, 6.45) is 13.4. The zero-order valence-electron chi connectivity index (χ0n) is 14.3. The Balaban J connectivity index is 2.14. The van der Waals surface area contributed by atoms with Crippen LogP contribution in [0.1, 0.15) is 52.5 Å². The lowest BCUT2D eigenvalue weighted by Gasteiger charge is -2.32. The summed E-state index contributed by atoms with van der Waals surface area (Å²) in [5.74, 6) is 0. The molecule has 0 spiro atoms. The predicted octanol–water partition coefficient (Wildman–Crippen LogP) is 4.50. The maximum absolute atomic E-state index is 10.2. The number of hydrogen-bond acceptors (Lipinski definition) is 4. The number of allylic oxidation sites excluding steroid dienone is 5. The number of carbonyl (C=O) groups is 1. The van der Waals surface area contributed by atoms with Crippen LogP contribution in [0.3, 0.4) is 0 Å². The molecule has 0 fully saturated rings. The van der Waals surface area contributed by atoms with Gasteiger partial charge >= 0.3 is 12.5 Å². The van der Waals surface area contributed by atoms with Crippen LogP contribution in [-0.4, -0.2) is 16.4 Å². The molecule has 1 aliphatic carbocycles. The van der Waals surface area contributed by atoms with Gasteiger partial charge in [-0.05, 0) is 50.2 Å². The largest absolute Gasteiger partial charge is 0.393 e. The van der Waals surface area contributed by atoms with Crippen LogP contribution in [0.2, 0.25) is 0 Å². The van der Waals surface area contributed by atoms with Crippen molar-refractivity contribution in [2.24, 2.45) is 5.41 Å². The Morgan fingerprint density at radius 2 is 2.00 bits per heavy atom. The highest BCUT2D eigenvalue weighted by Gasteiger charge is 2.26. The van der Waals surface area contributed by atoms with Crippen molar-refractivity contribution in [3.8, 4) is 6.01 Å². The van der Waals surface area contributed by atoms with Crippen molar-refractivity contribution in [2.45, 2.75) is 47.0 Å². The Hall–Kier alpha value is -2.23. The minimum atomic E-state index is 0.0649. The minimum Gasteiger partial charge on any atom is -0.393 e. The van der Waals surface area contributed by atoms with Crippen LogP contribution >= 0.6 is 0 Å². The first kappa shape index (κ1) is 17.1. The number of aromatic nitrogens is 2. The summed E-state index contributed by atoms with van der Waals surface area (Å²) >= 11 is 0. The lowest BCUT2D eigenvalue weighted by molar-refractivity contribution is -0.121. The van der Waals surface area contributed by atoms with Gasteiger partial charge in [-0.2, -0.15) is 0 Å². The summed E-state index contributed by atoms with van der Waals surface area (Å²) < 4.78 is 4.58. The van der Waals surface area contributed by atoms with Gasteiger partial charge in [-0.3, -0.25) is 4.79 Å². The zero-order valence-corrected chi connectivity index (χ0v) is 14.3. The molecule has 122 valence electrons. The molecule has 4 nitrogen and oxygen atoms in total. The van der Waals surface area contributed by atoms with E-state index in [1.807, 2.05) is 6.08 Å². The molecule has 1 aromatic rings. The first-order valence-corrected chi connectivity index (χ1v) is 7.91. The van der Waals surface area contributed by atoms with E-state index in [0.29, 0.717) is 6.47 Å². The second-order valence-electron chi connectivity index (χ2n) is 6.67. The second kappa shape index (κ2) is 7.36. The van der Waals surface area contributed by atoms with Crippen LogP contribution in [0, 0.1) is 5.41 Å². The topological polar surface area (TPSA) is 52.1 Å². The fraction of sp³-hybridized carbons (Fsp3) is 0.421. The molecule has 0 aliphatic heterocycles. The molecule has 0 saturated heterocycles. The van der Waals surface area contributed by atoms with Crippen molar-refractivity contribution < 1.29 is 9.53 Å². The number of carbonyl (C=O) groups excluding carboxylic acids is 1. The number of ether oxygens (including phenoxy) is 1. The van der Waals surface area contributed by atoms with Gasteiger partial charge in [0.2, 0.25) is 0 Å². The van der Waals surface area contributed by atoms with Crippen LogP contribution in [0.15, 0.2) is 41.3 Å². The van der Waals surface area contributed by atoms with Crippen LogP contribution in [-0.2, 0) is 4.79 Å². The molecule has 0 saturated carbocycles. The van der Waals surface area contributed by atoms with E-state index < -0.39 is 0 Å². The summed E-state index contributed by atoms with van der Waals surface area (Å²) in [5.41, 5.74) is 5.18. The molecular weight excluding hydrogens is 288 g/mol. The highest BCUT2D eigenvalue weighted by molar-refractivity contribution is 5.54. The third-order valence-corrected chi connectivity index (χ3v) is 4.25. The van der Waals surface area contributed by atoms with E-state index in [1.165, 1.54) is 30.4 Å². The van der Waals surface area contributed by atoms with E-state index >= 15 is 0 Å². The molecule has 1 heterocycles. The Morgan fingerprint density at radius 1 is 1.30 bits per heavy atom. The first-order valence-electron chi connectivity index (χ1n) is 7.91. The minimum absolute atomic E-state index is 0.0649. The number of hydrogen-bond donors (Lipinski definition) is 0. The van der Waals surface area contributed by atoms with Crippen molar-refractivity contribution >= 4 is 12.5 Å². The molecule has 0 unspecified atom stereocenters. The third kappa shape index (κ3) is 4.62. The SMILES string of the molecule is CC1=C(C=C/C(C)=C/c2cnc(OC=O)nc2)C(C)(C)CCC1. The second-order valence-corrected chi connectivity index (χ2v) is 6.67. The van der Waals surface area contributed by atoms with E-state index in [0.717, 1.165) is 11.1 Å². The lowest BCUT2D eigenvalue weighted by Crippen LogP contribution is -2.19. The fourth-order valence-electron chi connectivity index (χ4n) is 3.04. The molecule has 0 N–H and O–H groups in total. The van der Waals surface area contributed by atoms with Gasteiger partial charge in [-0.25, -0.2) is 9.97 Å². The quantitative estimate of drug-likeness (QED) is 0.593. The summed E-state index contributed by atoms with van der Waals surface area (Å²) in [4.78, 5) is 18.2. The van der Waals surface area contributed by atoms with Gasteiger partial charge in [-0.15, -0.1) is 0 Å². The molecule has 0 bridgehead atoms. The lowest BCUT2D eigenvalue weighted by atomic mass is 9.72. The van der Waals surface area contributed by atoms with Crippen LogP contribution in [0.5, 0.6) is 6.01 Å². The van der Waals surface area contributed by atoms with E-state index in [2.05, 4.69) is 54.6 Å². The predicted molar refractivity (Wildman–Crippen MR) is 91.8 cm³/mol. The molecule has 0 radical (unpaired) electrons. The molecule has 1 aliphatic rings. The Bertz CT molecular complexity index is 652. The Labute approximate surface area is 138 Å². The van der Waals surface area contributed by atoms with E-state index in [1.54, 1.807) is 12.4 Å². The zero-order chi connectivity index (χ0) is 16.9. The van der Waals surface area contributed by atoms with Crippen LogP contribution in [0.25, 0.3) is 6.08 Å². The van der Waals surface area contributed by atoms with Crippen LogP contribution in [0.4, 0.5) is 0 Å². The average Bonchev–Trinajstić information content (AvgIpc) is 2.48. The average molecular weight is 312 g/mol. The van der Waals surface area contributed by atoms with E-state index in [-0.39, 0.29) is 11.4 Å². The monoisotopic (exact) mass is 312 g/mol. The van der Waals surface area contributed by atoms with Gasteiger partial charge in [0.15, 0.2) is 0 Å². The summed E-state index contributed by atoms with van der Waals surface area (Å²) in [5, 5.41) is 0.